The van der Waals surface area contributed by atoms with E-state index in [0.29, 0.717) is 22.8 Å². The number of aromatic nitrogens is 4. The first kappa shape index (κ1) is 20.2. The van der Waals surface area contributed by atoms with Crippen LogP contribution in [0.1, 0.15) is 19.9 Å². The van der Waals surface area contributed by atoms with Crippen molar-refractivity contribution in [2.24, 2.45) is 0 Å². The molecule has 8 heteroatoms. The summed E-state index contributed by atoms with van der Waals surface area (Å²) >= 11 is 0. The molecule has 2 heterocycles. The molecule has 0 aliphatic heterocycles. The van der Waals surface area contributed by atoms with Crippen LogP contribution in [0.2, 0.25) is 0 Å². The van der Waals surface area contributed by atoms with Crippen LogP contribution in [-0.4, -0.2) is 19.7 Å². The van der Waals surface area contributed by atoms with Crippen molar-refractivity contribution in [1.29, 1.82) is 0 Å². The lowest BCUT2D eigenvalue weighted by Crippen LogP contribution is -2.24. The summed E-state index contributed by atoms with van der Waals surface area (Å²) in [5, 5.41) is 4.47. The third-order valence-electron chi connectivity index (χ3n) is 4.52. The van der Waals surface area contributed by atoms with Crippen molar-refractivity contribution in [2.75, 3.05) is 5.73 Å². The zero-order valence-electron chi connectivity index (χ0n) is 17.0. The number of benzene rings is 2. The van der Waals surface area contributed by atoms with Gasteiger partial charge in [-0.25, -0.2) is 19.0 Å². The second-order valence-electron chi connectivity index (χ2n) is 7.13. The van der Waals surface area contributed by atoms with E-state index in [1.165, 1.54) is 35.0 Å². The molecular weight excluding hydrogens is 397 g/mol. The van der Waals surface area contributed by atoms with E-state index in [-0.39, 0.29) is 29.1 Å². The van der Waals surface area contributed by atoms with Crippen LogP contribution in [-0.2, 0) is 0 Å². The Morgan fingerprint density at radius 1 is 0.935 bits per heavy atom. The van der Waals surface area contributed by atoms with Crippen LogP contribution in [0.3, 0.4) is 0 Å². The average Bonchev–Trinajstić information content (AvgIpc) is 2.77. The summed E-state index contributed by atoms with van der Waals surface area (Å²) < 4.78 is 20.4. The topological polar surface area (TPSA) is 95.9 Å². The summed E-state index contributed by atoms with van der Waals surface area (Å²) in [6, 6.07) is 17.8. The number of ether oxygens (including phenoxy) is 1. The molecule has 0 bridgehead atoms. The molecule has 4 aromatic rings. The molecule has 0 atom stereocenters. The summed E-state index contributed by atoms with van der Waals surface area (Å²) in [7, 11) is 0. The van der Waals surface area contributed by atoms with Gasteiger partial charge in [0, 0.05) is 11.6 Å². The van der Waals surface area contributed by atoms with Crippen molar-refractivity contribution in [3.05, 3.63) is 82.9 Å². The van der Waals surface area contributed by atoms with Crippen LogP contribution < -0.4 is 16.0 Å². The number of nitrogens with two attached hydrogens (primary N) is 1. The standard InChI is InChI=1S/C23H20FN5O2/c1-14(2)29-19(30)13-12-18(28-29)21-20(15-6-4-3-5-7-15)26-22(25)23(27-21)31-17-10-8-16(24)9-11-17/h3-14H,1-2H3,(H2,25,26). The lowest BCUT2D eigenvalue weighted by atomic mass is 10.1. The highest BCUT2D eigenvalue weighted by molar-refractivity contribution is 5.77. The number of nitrogens with zero attached hydrogens (tertiary/aromatic N) is 4. The zero-order chi connectivity index (χ0) is 22.0. The fourth-order valence-electron chi connectivity index (χ4n) is 3.02. The van der Waals surface area contributed by atoms with E-state index in [2.05, 4.69) is 15.1 Å². The lowest BCUT2D eigenvalue weighted by molar-refractivity contribution is 0.462. The molecule has 0 unspecified atom stereocenters. The second-order valence-corrected chi connectivity index (χ2v) is 7.13. The van der Waals surface area contributed by atoms with E-state index in [9.17, 15) is 9.18 Å². The Bertz CT molecular complexity index is 1270. The minimum atomic E-state index is -0.383. The second kappa shape index (κ2) is 8.35. The monoisotopic (exact) mass is 417 g/mol. The molecule has 0 aliphatic rings. The lowest BCUT2D eigenvalue weighted by Gasteiger charge is -2.14. The van der Waals surface area contributed by atoms with Crippen molar-refractivity contribution in [3.8, 4) is 34.3 Å². The van der Waals surface area contributed by atoms with Crippen LogP contribution in [0, 0.1) is 5.82 Å². The van der Waals surface area contributed by atoms with Gasteiger partial charge in [-0.2, -0.15) is 5.10 Å². The van der Waals surface area contributed by atoms with Crippen LogP contribution in [0.4, 0.5) is 10.2 Å². The number of hydrogen-bond donors (Lipinski definition) is 1. The minimum absolute atomic E-state index is 0.0605. The molecule has 0 spiro atoms. The number of halogens is 1. The zero-order valence-corrected chi connectivity index (χ0v) is 17.0. The highest BCUT2D eigenvalue weighted by Crippen LogP contribution is 2.33. The van der Waals surface area contributed by atoms with Crippen LogP contribution in [0.25, 0.3) is 22.6 Å². The first-order valence-corrected chi connectivity index (χ1v) is 9.69. The maximum absolute atomic E-state index is 13.2. The Morgan fingerprint density at radius 3 is 2.32 bits per heavy atom. The Kier molecular flexibility index (Phi) is 5.44. The van der Waals surface area contributed by atoms with Gasteiger partial charge in [-0.1, -0.05) is 30.3 Å². The third-order valence-corrected chi connectivity index (χ3v) is 4.52. The molecule has 4 rings (SSSR count). The van der Waals surface area contributed by atoms with Crippen molar-refractivity contribution in [1.82, 2.24) is 19.7 Å². The fraction of sp³-hybridized carbons (Fsp3) is 0.130. The van der Waals surface area contributed by atoms with Crippen LogP contribution in [0.5, 0.6) is 11.6 Å². The maximum atomic E-state index is 13.2. The van der Waals surface area contributed by atoms with Gasteiger partial charge in [0.15, 0.2) is 5.82 Å². The van der Waals surface area contributed by atoms with E-state index in [0.717, 1.165) is 5.56 Å². The largest absolute Gasteiger partial charge is 0.436 e. The highest BCUT2D eigenvalue weighted by Gasteiger charge is 2.19. The van der Waals surface area contributed by atoms with Gasteiger partial charge in [-0.15, -0.1) is 0 Å². The molecule has 0 saturated carbocycles. The van der Waals surface area contributed by atoms with Gasteiger partial charge >= 0.3 is 0 Å². The van der Waals surface area contributed by atoms with Gasteiger partial charge in [-0.05, 0) is 44.2 Å². The predicted molar refractivity (Wildman–Crippen MR) is 116 cm³/mol. The molecule has 0 fully saturated rings. The molecule has 2 aromatic heterocycles. The summed E-state index contributed by atoms with van der Waals surface area (Å²) in [5.41, 5.74) is 8.07. The molecule has 7 nitrogen and oxygen atoms in total. The molecule has 31 heavy (non-hydrogen) atoms. The minimum Gasteiger partial charge on any atom is -0.436 e. The number of rotatable bonds is 5. The molecule has 0 radical (unpaired) electrons. The van der Waals surface area contributed by atoms with Crippen molar-refractivity contribution in [2.45, 2.75) is 19.9 Å². The summed E-state index contributed by atoms with van der Waals surface area (Å²) in [5.74, 6) is 0.113. The summed E-state index contributed by atoms with van der Waals surface area (Å²) in [6.45, 7) is 3.74. The SMILES string of the molecule is CC(C)n1nc(-c2nc(Oc3ccc(F)cc3)c(N)nc2-c2ccccc2)ccc1=O. The van der Waals surface area contributed by atoms with Crippen molar-refractivity contribution < 1.29 is 9.13 Å². The van der Waals surface area contributed by atoms with Gasteiger partial charge in [0.05, 0.1) is 6.04 Å². The van der Waals surface area contributed by atoms with Gasteiger partial charge in [-0.3, -0.25) is 4.79 Å². The fourth-order valence-corrected chi connectivity index (χ4v) is 3.02. The smallest absolute Gasteiger partial charge is 0.267 e. The molecular formula is C23H20FN5O2. The quantitative estimate of drug-likeness (QED) is 0.515. The summed E-state index contributed by atoms with van der Waals surface area (Å²) in [6.07, 6.45) is 0. The van der Waals surface area contributed by atoms with Crippen molar-refractivity contribution >= 4 is 5.82 Å². The predicted octanol–water partition coefficient (Wildman–Crippen LogP) is 4.46. The summed E-state index contributed by atoms with van der Waals surface area (Å²) in [4.78, 5) is 21.3. The van der Waals surface area contributed by atoms with E-state index >= 15 is 0 Å². The Morgan fingerprint density at radius 2 is 1.65 bits per heavy atom. The molecule has 0 saturated heterocycles. The number of anilines is 1. The average molecular weight is 417 g/mol. The first-order valence-electron chi connectivity index (χ1n) is 9.69. The van der Waals surface area contributed by atoms with E-state index in [4.69, 9.17) is 10.5 Å². The van der Waals surface area contributed by atoms with Gasteiger partial charge in [0.25, 0.3) is 11.4 Å². The van der Waals surface area contributed by atoms with Gasteiger partial charge < -0.3 is 10.5 Å². The highest BCUT2D eigenvalue weighted by atomic mass is 19.1. The van der Waals surface area contributed by atoms with E-state index in [1.807, 2.05) is 44.2 Å². The number of nitrogen functional groups attached to an aromatic ring is 1. The molecule has 0 aliphatic carbocycles. The molecule has 2 N–H and O–H groups in total. The first-order chi connectivity index (χ1) is 14.9. The Labute approximate surface area is 178 Å². The van der Waals surface area contributed by atoms with Crippen LogP contribution in [0.15, 0.2) is 71.5 Å². The Hall–Kier alpha value is -4.07. The van der Waals surface area contributed by atoms with Crippen LogP contribution >= 0.6 is 0 Å². The van der Waals surface area contributed by atoms with Gasteiger partial charge in [0.2, 0.25) is 0 Å². The van der Waals surface area contributed by atoms with Gasteiger partial charge in [0.1, 0.15) is 28.6 Å². The van der Waals surface area contributed by atoms with E-state index in [1.54, 1.807) is 6.07 Å². The molecule has 156 valence electrons. The number of hydrogen-bond acceptors (Lipinski definition) is 6. The molecule has 0 amide bonds. The van der Waals surface area contributed by atoms with E-state index < -0.39 is 0 Å². The Balaban J connectivity index is 1.89. The maximum Gasteiger partial charge on any atom is 0.267 e. The third kappa shape index (κ3) is 4.28. The molecule has 2 aromatic carbocycles. The normalized spacial score (nSPS) is 11.0. The van der Waals surface area contributed by atoms with Crippen molar-refractivity contribution in [3.63, 3.8) is 0 Å².